The van der Waals surface area contributed by atoms with Crippen LogP contribution in [0.2, 0.25) is 5.02 Å². The number of ether oxygens (including phenoxy) is 2. The van der Waals surface area contributed by atoms with Crippen molar-refractivity contribution in [1.82, 2.24) is 4.90 Å². The Balaban J connectivity index is 1.43. The summed E-state index contributed by atoms with van der Waals surface area (Å²) in [6.07, 6.45) is 4.29. The summed E-state index contributed by atoms with van der Waals surface area (Å²) >= 11 is 6.16. The third-order valence-corrected chi connectivity index (χ3v) is 8.15. The molecule has 2 aromatic carbocycles. The van der Waals surface area contributed by atoms with Crippen molar-refractivity contribution in [3.63, 3.8) is 0 Å². The minimum Gasteiger partial charge on any atom is -0.493 e. The topological polar surface area (TPSA) is 84.9 Å². The number of anilines is 1. The predicted octanol–water partition coefficient (Wildman–Crippen LogP) is 6.11. The second-order valence-electron chi connectivity index (χ2n) is 10.2. The standard InChI is InChI=1S/C31H33ClN2O5/c1-4-34-22-7-5-9-24(35)30(22)29(31-23(34)8-6-10-25(31)36)19-12-14-26(27(15-19)38-3)39-17-28(37)33-20-13-11-18(2)21(32)16-20/h11-16,29H,4-10,17H2,1-3H3,(H,33,37). The number of allylic oxidation sites excluding steroid dienone is 4. The van der Waals surface area contributed by atoms with Gasteiger partial charge in [-0.25, -0.2) is 0 Å². The van der Waals surface area contributed by atoms with Gasteiger partial charge in [0.1, 0.15) is 0 Å². The molecule has 0 bridgehead atoms. The van der Waals surface area contributed by atoms with Crippen LogP contribution in [0, 0.1) is 6.92 Å². The number of methoxy groups -OCH3 is 1. The van der Waals surface area contributed by atoms with Crippen molar-refractivity contribution in [2.75, 3.05) is 25.6 Å². The van der Waals surface area contributed by atoms with Gasteiger partial charge in [-0.15, -0.1) is 0 Å². The molecule has 0 spiro atoms. The van der Waals surface area contributed by atoms with Crippen molar-refractivity contribution in [3.05, 3.63) is 75.1 Å². The number of rotatable bonds is 7. The average Bonchev–Trinajstić information content (AvgIpc) is 2.93. The van der Waals surface area contributed by atoms with Crippen molar-refractivity contribution in [1.29, 1.82) is 0 Å². The lowest BCUT2D eigenvalue weighted by molar-refractivity contribution is -0.118. The third-order valence-electron chi connectivity index (χ3n) is 7.74. The van der Waals surface area contributed by atoms with Gasteiger partial charge in [0.05, 0.1) is 7.11 Å². The zero-order valence-electron chi connectivity index (χ0n) is 22.6. The lowest BCUT2D eigenvalue weighted by Gasteiger charge is -2.43. The van der Waals surface area contributed by atoms with Gasteiger partial charge in [0.15, 0.2) is 29.7 Å². The number of carbonyl (C=O) groups is 3. The highest BCUT2D eigenvalue weighted by Gasteiger charge is 2.43. The summed E-state index contributed by atoms with van der Waals surface area (Å²) in [5.74, 6) is 0.299. The number of amides is 1. The number of ketones is 2. The van der Waals surface area contributed by atoms with E-state index in [0.717, 1.165) is 65.9 Å². The van der Waals surface area contributed by atoms with Crippen LogP contribution in [-0.2, 0) is 14.4 Å². The second kappa shape index (κ2) is 11.3. The maximum atomic E-state index is 13.3. The van der Waals surface area contributed by atoms with Gasteiger partial charge in [-0.05, 0) is 74.9 Å². The van der Waals surface area contributed by atoms with Gasteiger partial charge >= 0.3 is 0 Å². The molecular formula is C31H33ClN2O5. The van der Waals surface area contributed by atoms with Crippen LogP contribution in [0.15, 0.2) is 58.9 Å². The molecule has 0 saturated heterocycles. The molecule has 39 heavy (non-hydrogen) atoms. The van der Waals surface area contributed by atoms with Gasteiger partial charge in [-0.2, -0.15) is 0 Å². The molecule has 0 unspecified atom stereocenters. The Hall–Kier alpha value is -3.58. The van der Waals surface area contributed by atoms with E-state index in [2.05, 4.69) is 17.1 Å². The molecule has 0 atom stereocenters. The Morgan fingerprint density at radius 3 is 2.23 bits per heavy atom. The zero-order chi connectivity index (χ0) is 27.7. The van der Waals surface area contributed by atoms with Gasteiger partial charge in [-0.1, -0.05) is 23.7 Å². The van der Waals surface area contributed by atoms with E-state index >= 15 is 0 Å². The molecule has 204 valence electrons. The molecule has 1 amide bonds. The molecule has 2 aromatic rings. The smallest absolute Gasteiger partial charge is 0.262 e. The highest BCUT2D eigenvalue weighted by Crippen LogP contribution is 2.49. The molecule has 5 rings (SSSR count). The van der Waals surface area contributed by atoms with Crippen LogP contribution in [0.5, 0.6) is 11.5 Å². The maximum Gasteiger partial charge on any atom is 0.262 e. The van der Waals surface area contributed by atoms with E-state index in [-0.39, 0.29) is 24.1 Å². The van der Waals surface area contributed by atoms with Crippen LogP contribution in [-0.4, -0.2) is 42.6 Å². The van der Waals surface area contributed by atoms with Crippen molar-refractivity contribution < 1.29 is 23.9 Å². The van der Waals surface area contributed by atoms with Crippen molar-refractivity contribution >= 4 is 34.8 Å². The number of halogens is 1. The van der Waals surface area contributed by atoms with Crippen LogP contribution in [0.3, 0.4) is 0 Å². The summed E-state index contributed by atoms with van der Waals surface area (Å²) in [7, 11) is 1.53. The minimum atomic E-state index is -0.420. The molecule has 0 aromatic heterocycles. The molecule has 8 heteroatoms. The fourth-order valence-corrected chi connectivity index (χ4v) is 6.11. The van der Waals surface area contributed by atoms with Gasteiger partial charge in [0.2, 0.25) is 0 Å². The molecule has 1 heterocycles. The second-order valence-corrected chi connectivity index (χ2v) is 10.6. The number of hydrogen-bond acceptors (Lipinski definition) is 6. The maximum absolute atomic E-state index is 13.3. The Bertz CT molecular complexity index is 1370. The van der Waals surface area contributed by atoms with Crippen molar-refractivity contribution in [2.24, 2.45) is 0 Å². The summed E-state index contributed by atoms with van der Waals surface area (Å²) in [6, 6.07) is 10.8. The molecule has 0 radical (unpaired) electrons. The van der Waals surface area contributed by atoms with Crippen LogP contribution >= 0.6 is 11.6 Å². The summed E-state index contributed by atoms with van der Waals surface area (Å²) < 4.78 is 11.4. The monoisotopic (exact) mass is 548 g/mol. The third kappa shape index (κ3) is 5.20. The van der Waals surface area contributed by atoms with Crippen LogP contribution in [0.25, 0.3) is 0 Å². The Morgan fingerprint density at radius 1 is 0.974 bits per heavy atom. The quantitative estimate of drug-likeness (QED) is 0.449. The first kappa shape index (κ1) is 27.0. The summed E-state index contributed by atoms with van der Waals surface area (Å²) in [4.78, 5) is 41.4. The molecule has 1 aliphatic heterocycles. The number of carbonyl (C=O) groups excluding carboxylic acids is 3. The van der Waals surface area contributed by atoms with Crippen LogP contribution in [0.1, 0.15) is 62.5 Å². The van der Waals surface area contributed by atoms with Gasteiger partial charge < -0.3 is 19.7 Å². The minimum absolute atomic E-state index is 0.108. The van der Waals surface area contributed by atoms with E-state index in [1.165, 1.54) is 7.11 Å². The number of benzene rings is 2. The van der Waals surface area contributed by atoms with E-state index < -0.39 is 5.92 Å². The highest BCUT2D eigenvalue weighted by atomic mass is 35.5. The molecule has 1 N–H and O–H groups in total. The zero-order valence-corrected chi connectivity index (χ0v) is 23.3. The first-order valence-electron chi connectivity index (χ1n) is 13.5. The predicted molar refractivity (Wildman–Crippen MR) is 150 cm³/mol. The summed E-state index contributed by atoms with van der Waals surface area (Å²) in [6.45, 7) is 4.48. The van der Waals surface area contributed by atoms with Crippen molar-refractivity contribution in [2.45, 2.75) is 58.3 Å². The average molecular weight is 549 g/mol. The highest BCUT2D eigenvalue weighted by molar-refractivity contribution is 6.31. The summed E-state index contributed by atoms with van der Waals surface area (Å²) in [5.41, 5.74) is 5.92. The summed E-state index contributed by atoms with van der Waals surface area (Å²) in [5, 5.41) is 3.35. The van der Waals surface area contributed by atoms with Gasteiger partial charge in [0, 0.05) is 58.6 Å². The largest absolute Gasteiger partial charge is 0.493 e. The molecule has 7 nitrogen and oxygen atoms in total. The fraction of sp³-hybridized carbons (Fsp3) is 0.387. The molecule has 0 saturated carbocycles. The van der Waals surface area contributed by atoms with Crippen LogP contribution in [0.4, 0.5) is 5.69 Å². The van der Waals surface area contributed by atoms with Crippen LogP contribution < -0.4 is 14.8 Å². The van der Waals surface area contributed by atoms with E-state index in [1.54, 1.807) is 18.2 Å². The number of nitrogens with one attached hydrogen (secondary N) is 1. The first-order valence-corrected chi connectivity index (χ1v) is 13.9. The Labute approximate surface area is 233 Å². The molecule has 2 aliphatic carbocycles. The Kier molecular flexibility index (Phi) is 7.80. The fourth-order valence-electron chi connectivity index (χ4n) is 5.93. The van der Waals surface area contributed by atoms with Gasteiger partial charge in [-0.3, -0.25) is 14.4 Å². The van der Waals surface area contributed by atoms with E-state index in [0.29, 0.717) is 35.1 Å². The number of hydrogen-bond donors (Lipinski definition) is 1. The lowest BCUT2D eigenvalue weighted by atomic mass is 9.71. The van der Waals surface area contributed by atoms with Crippen molar-refractivity contribution in [3.8, 4) is 11.5 Å². The molecule has 0 fully saturated rings. The normalized spacial score (nSPS) is 17.7. The van der Waals surface area contributed by atoms with Gasteiger partial charge in [0.25, 0.3) is 5.91 Å². The number of Topliss-reactive ketones (excluding diaryl/α,β-unsaturated/α-hetero) is 2. The number of nitrogens with zero attached hydrogens (tertiary/aromatic N) is 1. The Morgan fingerprint density at radius 2 is 1.64 bits per heavy atom. The SMILES string of the molecule is CCN1C2=C(C(=O)CCC2)C(c2ccc(OCC(=O)Nc3ccc(C)c(Cl)c3)c(OC)c2)C2=C1CCCC2=O. The molecular weight excluding hydrogens is 516 g/mol. The van der Waals surface area contributed by atoms with E-state index in [1.807, 2.05) is 25.1 Å². The van der Waals surface area contributed by atoms with E-state index in [9.17, 15) is 14.4 Å². The first-order chi connectivity index (χ1) is 18.8. The lowest BCUT2D eigenvalue weighted by Crippen LogP contribution is -2.39. The van der Waals surface area contributed by atoms with E-state index in [4.69, 9.17) is 21.1 Å². The molecule has 3 aliphatic rings. The number of aryl methyl sites for hydroxylation is 1.